The summed E-state index contributed by atoms with van der Waals surface area (Å²) < 4.78 is 6.14. The number of anilines is 1. The summed E-state index contributed by atoms with van der Waals surface area (Å²) in [6, 6.07) is 5.98. The van der Waals surface area contributed by atoms with Crippen molar-refractivity contribution in [2.75, 3.05) is 25.5 Å². The molecule has 0 amide bonds. The smallest absolute Gasteiger partial charge is 0.133 e. The molecule has 0 bridgehead atoms. The van der Waals surface area contributed by atoms with Crippen LogP contribution in [0.3, 0.4) is 0 Å². The van der Waals surface area contributed by atoms with E-state index in [9.17, 15) is 0 Å². The first kappa shape index (κ1) is 13.3. The van der Waals surface area contributed by atoms with Gasteiger partial charge in [0.15, 0.2) is 0 Å². The Labute approximate surface area is 105 Å². The van der Waals surface area contributed by atoms with Crippen LogP contribution < -0.4 is 15.8 Å². The van der Waals surface area contributed by atoms with Gasteiger partial charge in [-0.1, -0.05) is 6.92 Å². The molecular weight excluding hydrogens is 268 g/mol. The summed E-state index contributed by atoms with van der Waals surface area (Å²) in [5.41, 5.74) is 6.60. The van der Waals surface area contributed by atoms with Gasteiger partial charge in [0, 0.05) is 12.2 Å². The zero-order valence-electron chi connectivity index (χ0n) is 9.79. The van der Waals surface area contributed by atoms with Gasteiger partial charge in [0.2, 0.25) is 0 Å². The summed E-state index contributed by atoms with van der Waals surface area (Å²) >= 11 is 3.46. The molecule has 1 rings (SSSR count). The Morgan fingerprint density at radius 1 is 1.50 bits per heavy atom. The Kier molecular flexibility index (Phi) is 5.63. The molecule has 0 aromatic heterocycles. The fourth-order valence-corrected chi connectivity index (χ4v) is 2.00. The largest absolute Gasteiger partial charge is 0.496 e. The Bertz CT molecular complexity index is 331. The van der Waals surface area contributed by atoms with Gasteiger partial charge in [0.05, 0.1) is 11.6 Å². The monoisotopic (exact) mass is 286 g/mol. The highest BCUT2D eigenvalue weighted by Crippen LogP contribution is 2.27. The number of nitrogens with one attached hydrogen (secondary N) is 1. The molecule has 3 nitrogen and oxygen atoms in total. The molecule has 1 aromatic rings. The van der Waals surface area contributed by atoms with E-state index in [4.69, 9.17) is 10.5 Å². The topological polar surface area (TPSA) is 47.3 Å². The summed E-state index contributed by atoms with van der Waals surface area (Å²) in [5.74, 6) is 1.44. The molecule has 0 saturated heterocycles. The number of benzene rings is 1. The second kappa shape index (κ2) is 6.76. The van der Waals surface area contributed by atoms with Gasteiger partial charge in [-0.2, -0.15) is 0 Å². The molecule has 1 aromatic carbocycles. The van der Waals surface area contributed by atoms with Gasteiger partial charge in [0.25, 0.3) is 0 Å². The highest BCUT2D eigenvalue weighted by atomic mass is 79.9. The highest BCUT2D eigenvalue weighted by molar-refractivity contribution is 9.10. The molecule has 1 unspecified atom stereocenters. The van der Waals surface area contributed by atoms with E-state index in [1.165, 1.54) is 0 Å². The van der Waals surface area contributed by atoms with Gasteiger partial charge >= 0.3 is 0 Å². The van der Waals surface area contributed by atoms with Crippen LogP contribution in [-0.4, -0.2) is 20.2 Å². The molecule has 0 fully saturated rings. The van der Waals surface area contributed by atoms with E-state index < -0.39 is 0 Å². The third kappa shape index (κ3) is 4.02. The summed E-state index contributed by atoms with van der Waals surface area (Å²) in [7, 11) is 1.66. The fraction of sp³-hybridized carbons (Fsp3) is 0.500. The van der Waals surface area contributed by atoms with E-state index in [-0.39, 0.29) is 0 Å². The fourth-order valence-electron chi connectivity index (χ4n) is 1.46. The molecule has 16 heavy (non-hydrogen) atoms. The van der Waals surface area contributed by atoms with E-state index in [0.29, 0.717) is 5.92 Å². The maximum absolute atomic E-state index is 5.51. The predicted octanol–water partition coefficient (Wildman–Crippen LogP) is 2.85. The number of rotatable bonds is 6. The Morgan fingerprint density at radius 3 is 2.81 bits per heavy atom. The van der Waals surface area contributed by atoms with Crippen LogP contribution in [0.2, 0.25) is 0 Å². The van der Waals surface area contributed by atoms with E-state index in [1.807, 2.05) is 18.2 Å². The standard InChI is InChI=1S/C12H19BrN2O/c1-9(5-6-14)8-15-10-3-4-12(16-2)11(13)7-10/h3-4,7,9,15H,5-6,8,14H2,1-2H3. The SMILES string of the molecule is COc1ccc(NCC(C)CCN)cc1Br. The van der Waals surface area contributed by atoms with Crippen LogP contribution in [0, 0.1) is 5.92 Å². The van der Waals surface area contributed by atoms with Crippen molar-refractivity contribution in [2.45, 2.75) is 13.3 Å². The first-order valence-corrected chi connectivity index (χ1v) is 6.24. The quantitative estimate of drug-likeness (QED) is 0.845. The molecule has 0 aliphatic heterocycles. The summed E-state index contributed by atoms with van der Waals surface area (Å²) in [6.45, 7) is 3.88. The second-order valence-corrected chi connectivity index (χ2v) is 4.77. The van der Waals surface area contributed by atoms with Crippen LogP contribution in [-0.2, 0) is 0 Å². The second-order valence-electron chi connectivity index (χ2n) is 3.91. The normalized spacial score (nSPS) is 12.2. The lowest BCUT2D eigenvalue weighted by Crippen LogP contribution is -2.15. The van der Waals surface area contributed by atoms with E-state index in [2.05, 4.69) is 28.2 Å². The Balaban J connectivity index is 2.51. The highest BCUT2D eigenvalue weighted by Gasteiger charge is 2.03. The lowest BCUT2D eigenvalue weighted by Gasteiger charge is -2.13. The molecule has 0 aliphatic carbocycles. The minimum atomic E-state index is 0.589. The zero-order valence-corrected chi connectivity index (χ0v) is 11.4. The van der Waals surface area contributed by atoms with Gasteiger partial charge < -0.3 is 15.8 Å². The lowest BCUT2D eigenvalue weighted by atomic mass is 10.1. The van der Waals surface area contributed by atoms with Crippen LogP contribution in [0.5, 0.6) is 5.75 Å². The minimum absolute atomic E-state index is 0.589. The lowest BCUT2D eigenvalue weighted by molar-refractivity contribution is 0.412. The van der Waals surface area contributed by atoms with Gasteiger partial charge in [0.1, 0.15) is 5.75 Å². The summed E-state index contributed by atoms with van der Waals surface area (Å²) in [6.07, 6.45) is 1.05. The van der Waals surface area contributed by atoms with Crippen molar-refractivity contribution in [3.05, 3.63) is 22.7 Å². The summed E-state index contributed by atoms with van der Waals surface area (Å²) in [4.78, 5) is 0. The van der Waals surface area contributed by atoms with E-state index in [0.717, 1.165) is 35.4 Å². The predicted molar refractivity (Wildman–Crippen MR) is 72.0 cm³/mol. The van der Waals surface area contributed by atoms with Crippen LogP contribution >= 0.6 is 15.9 Å². The van der Waals surface area contributed by atoms with E-state index >= 15 is 0 Å². The van der Waals surface area contributed by atoms with Gasteiger partial charge in [-0.05, 0) is 53.0 Å². The van der Waals surface area contributed by atoms with Crippen LogP contribution in [0.25, 0.3) is 0 Å². The average molecular weight is 287 g/mol. The van der Waals surface area contributed by atoms with Crippen LogP contribution in [0.4, 0.5) is 5.69 Å². The molecule has 0 aliphatic rings. The number of nitrogens with two attached hydrogens (primary N) is 1. The van der Waals surface area contributed by atoms with Crippen molar-refractivity contribution in [3.8, 4) is 5.75 Å². The van der Waals surface area contributed by atoms with Crippen molar-refractivity contribution >= 4 is 21.6 Å². The number of ether oxygens (including phenoxy) is 1. The molecule has 3 N–H and O–H groups in total. The molecular formula is C12H19BrN2O. The van der Waals surface area contributed by atoms with Gasteiger partial charge in [-0.25, -0.2) is 0 Å². The van der Waals surface area contributed by atoms with Crippen LogP contribution in [0.1, 0.15) is 13.3 Å². The number of methoxy groups -OCH3 is 1. The first-order chi connectivity index (χ1) is 7.67. The Morgan fingerprint density at radius 2 is 2.25 bits per heavy atom. The number of hydrogen-bond donors (Lipinski definition) is 2. The van der Waals surface area contributed by atoms with Gasteiger partial charge in [-0.15, -0.1) is 0 Å². The van der Waals surface area contributed by atoms with Crippen molar-refractivity contribution in [3.63, 3.8) is 0 Å². The third-order valence-electron chi connectivity index (χ3n) is 2.47. The minimum Gasteiger partial charge on any atom is -0.496 e. The molecule has 0 radical (unpaired) electrons. The molecule has 4 heteroatoms. The van der Waals surface area contributed by atoms with Gasteiger partial charge in [-0.3, -0.25) is 0 Å². The van der Waals surface area contributed by atoms with Crippen molar-refractivity contribution < 1.29 is 4.74 Å². The molecule has 0 saturated carbocycles. The Hall–Kier alpha value is -0.740. The molecule has 90 valence electrons. The first-order valence-electron chi connectivity index (χ1n) is 5.45. The van der Waals surface area contributed by atoms with E-state index in [1.54, 1.807) is 7.11 Å². The maximum Gasteiger partial charge on any atom is 0.133 e. The molecule has 0 spiro atoms. The molecule has 0 heterocycles. The zero-order chi connectivity index (χ0) is 12.0. The number of hydrogen-bond acceptors (Lipinski definition) is 3. The van der Waals surface area contributed by atoms with Crippen molar-refractivity contribution in [1.29, 1.82) is 0 Å². The van der Waals surface area contributed by atoms with Crippen molar-refractivity contribution in [2.24, 2.45) is 11.7 Å². The van der Waals surface area contributed by atoms with Crippen LogP contribution in [0.15, 0.2) is 22.7 Å². The summed E-state index contributed by atoms with van der Waals surface area (Å²) in [5, 5.41) is 3.38. The van der Waals surface area contributed by atoms with Crippen molar-refractivity contribution in [1.82, 2.24) is 0 Å². The maximum atomic E-state index is 5.51. The number of halogens is 1. The average Bonchev–Trinajstić information content (AvgIpc) is 2.27. The third-order valence-corrected chi connectivity index (χ3v) is 3.09. The molecule has 1 atom stereocenters.